The highest BCUT2D eigenvalue weighted by Crippen LogP contribution is 2.40. The molecule has 0 bridgehead atoms. The minimum atomic E-state index is -4.27. The second-order valence-electron chi connectivity index (χ2n) is 9.33. The van der Waals surface area contributed by atoms with Gasteiger partial charge in [0.1, 0.15) is 0 Å². The molecule has 0 aliphatic heterocycles. The lowest BCUT2D eigenvalue weighted by Crippen LogP contribution is -2.21. The van der Waals surface area contributed by atoms with Crippen molar-refractivity contribution in [2.75, 3.05) is 0 Å². The van der Waals surface area contributed by atoms with Gasteiger partial charge >= 0.3 is 6.18 Å². The van der Waals surface area contributed by atoms with Gasteiger partial charge in [-0.2, -0.15) is 13.2 Å². The van der Waals surface area contributed by atoms with Gasteiger partial charge < -0.3 is 0 Å². The zero-order valence-electron chi connectivity index (χ0n) is 18.4. The topological polar surface area (TPSA) is 0 Å². The summed E-state index contributed by atoms with van der Waals surface area (Å²) in [6, 6.07) is 5.54. The van der Waals surface area contributed by atoms with E-state index in [9.17, 15) is 13.2 Å². The smallest absolute Gasteiger partial charge is 0.166 e. The van der Waals surface area contributed by atoms with Crippen LogP contribution in [0, 0.1) is 17.8 Å². The van der Waals surface area contributed by atoms with Crippen molar-refractivity contribution < 1.29 is 13.2 Å². The van der Waals surface area contributed by atoms with Crippen LogP contribution in [0.5, 0.6) is 0 Å². The third kappa shape index (κ3) is 6.75. The fraction of sp³-hybridized carbons (Fsp3) is 0.630. The van der Waals surface area contributed by atoms with Crippen molar-refractivity contribution in [3.63, 3.8) is 0 Å². The first kappa shape index (κ1) is 23.2. The van der Waals surface area contributed by atoms with E-state index < -0.39 is 11.7 Å². The van der Waals surface area contributed by atoms with Crippen molar-refractivity contribution in [3.05, 3.63) is 53.6 Å². The van der Waals surface area contributed by atoms with Crippen LogP contribution in [0.3, 0.4) is 0 Å². The van der Waals surface area contributed by atoms with Crippen LogP contribution in [-0.4, -0.2) is 0 Å². The minimum absolute atomic E-state index is 0.581. The Morgan fingerprint density at radius 3 is 2.13 bits per heavy atom. The summed E-state index contributed by atoms with van der Waals surface area (Å²) >= 11 is 0. The summed E-state index contributed by atoms with van der Waals surface area (Å²) in [5, 5.41) is 0. The molecule has 30 heavy (non-hydrogen) atoms. The van der Waals surface area contributed by atoms with E-state index >= 15 is 0 Å². The normalized spacial score (nSPS) is 24.7. The molecule has 1 fully saturated rings. The fourth-order valence-electron chi connectivity index (χ4n) is 5.17. The monoisotopic (exact) mass is 418 g/mol. The first-order chi connectivity index (χ1) is 14.5. The molecule has 0 radical (unpaired) electrons. The molecule has 0 amide bonds. The molecule has 2 aliphatic carbocycles. The maximum absolute atomic E-state index is 12.7. The summed E-state index contributed by atoms with van der Waals surface area (Å²) in [5.74, 6) is 2.30. The average molecular weight is 419 g/mol. The van der Waals surface area contributed by atoms with Gasteiger partial charge in [-0.1, -0.05) is 95.1 Å². The van der Waals surface area contributed by atoms with E-state index in [2.05, 4.69) is 25.2 Å². The van der Waals surface area contributed by atoms with Crippen molar-refractivity contribution in [2.45, 2.75) is 90.1 Å². The van der Waals surface area contributed by atoms with Gasteiger partial charge in [0.2, 0.25) is 0 Å². The van der Waals surface area contributed by atoms with Crippen molar-refractivity contribution >= 4 is 5.57 Å². The summed E-state index contributed by atoms with van der Waals surface area (Å²) in [7, 11) is 0. The van der Waals surface area contributed by atoms with Crippen LogP contribution in [0.2, 0.25) is 0 Å². The summed E-state index contributed by atoms with van der Waals surface area (Å²) < 4.78 is 38.2. The number of hydrogen-bond acceptors (Lipinski definition) is 0. The quantitative estimate of drug-likeness (QED) is 0.351. The SMILES string of the molecule is CCCCCCCCC1CCC(C2C=CC(c3ccc(C(F)(F)F)cc3)=CC2)CC1. The maximum atomic E-state index is 12.7. The van der Waals surface area contributed by atoms with Crippen LogP contribution in [0.1, 0.15) is 95.1 Å². The Kier molecular flexibility index (Phi) is 8.65. The van der Waals surface area contributed by atoms with Crippen LogP contribution in [0.4, 0.5) is 13.2 Å². The molecule has 0 saturated heterocycles. The van der Waals surface area contributed by atoms with Gasteiger partial charge in [0.15, 0.2) is 0 Å². The maximum Gasteiger partial charge on any atom is 0.416 e. The zero-order valence-corrected chi connectivity index (χ0v) is 18.4. The number of halogens is 3. The number of hydrogen-bond donors (Lipinski definition) is 0. The van der Waals surface area contributed by atoms with E-state index in [4.69, 9.17) is 0 Å². The molecular weight excluding hydrogens is 381 g/mol. The lowest BCUT2D eigenvalue weighted by molar-refractivity contribution is -0.137. The molecule has 1 aromatic carbocycles. The molecule has 0 heterocycles. The van der Waals surface area contributed by atoms with Crippen LogP contribution in [-0.2, 0) is 6.18 Å². The Bertz CT molecular complexity index is 688. The first-order valence-electron chi connectivity index (χ1n) is 12.0. The highest BCUT2D eigenvalue weighted by molar-refractivity contribution is 5.75. The van der Waals surface area contributed by atoms with Crippen LogP contribution < -0.4 is 0 Å². The largest absolute Gasteiger partial charge is 0.416 e. The standard InChI is InChI=1S/C27H37F3/c1-2-3-4-5-6-7-8-21-9-11-22(12-10-21)23-13-15-24(16-14-23)25-17-19-26(20-18-25)27(28,29)30/h13,15-23H,2-12,14H2,1H3. The fourth-order valence-corrected chi connectivity index (χ4v) is 5.17. The van der Waals surface area contributed by atoms with Crippen LogP contribution in [0.15, 0.2) is 42.5 Å². The minimum Gasteiger partial charge on any atom is -0.166 e. The van der Waals surface area contributed by atoms with Gasteiger partial charge in [-0.25, -0.2) is 0 Å². The highest BCUT2D eigenvalue weighted by Gasteiger charge is 2.30. The van der Waals surface area contributed by atoms with Gasteiger partial charge in [0, 0.05) is 0 Å². The van der Waals surface area contributed by atoms with E-state index in [1.165, 1.54) is 82.8 Å². The predicted octanol–water partition coefficient (Wildman–Crippen LogP) is 9.22. The van der Waals surface area contributed by atoms with E-state index in [1.54, 1.807) is 12.1 Å². The third-order valence-corrected chi connectivity index (χ3v) is 7.14. The molecule has 1 unspecified atom stereocenters. The van der Waals surface area contributed by atoms with E-state index in [1.807, 2.05) is 0 Å². The first-order valence-corrected chi connectivity index (χ1v) is 12.0. The number of alkyl halides is 3. The van der Waals surface area contributed by atoms with Crippen molar-refractivity contribution in [1.82, 2.24) is 0 Å². The van der Waals surface area contributed by atoms with Gasteiger partial charge in [-0.15, -0.1) is 0 Å². The molecule has 0 aromatic heterocycles. The van der Waals surface area contributed by atoms with Crippen molar-refractivity contribution in [2.24, 2.45) is 17.8 Å². The van der Waals surface area contributed by atoms with Gasteiger partial charge in [-0.05, 0) is 60.3 Å². The Hall–Kier alpha value is -1.51. The molecule has 1 saturated carbocycles. The predicted molar refractivity (Wildman–Crippen MR) is 120 cm³/mol. The zero-order chi connectivity index (χ0) is 21.4. The Morgan fingerprint density at radius 1 is 0.867 bits per heavy atom. The van der Waals surface area contributed by atoms with Gasteiger partial charge in [0.05, 0.1) is 5.56 Å². The molecule has 2 aliphatic rings. The Balaban J connectivity index is 1.39. The molecule has 166 valence electrons. The average Bonchev–Trinajstić information content (AvgIpc) is 2.76. The number of rotatable bonds is 9. The number of allylic oxidation sites excluding steroid dienone is 4. The molecule has 3 heteroatoms. The van der Waals surface area contributed by atoms with Gasteiger partial charge in [0.25, 0.3) is 0 Å². The highest BCUT2D eigenvalue weighted by atomic mass is 19.4. The molecule has 1 aromatic rings. The number of benzene rings is 1. The summed E-state index contributed by atoms with van der Waals surface area (Å²) in [6.07, 6.45) is 18.5. The summed E-state index contributed by atoms with van der Waals surface area (Å²) in [6.45, 7) is 2.27. The van der Waals surface area contributed by atoms with E-state index in [0.717, 1.165) is 29.4 Å². The molecule has 0 nitrogen and oxygen atoms in total. The molecule has 3 rings (SSSR count). The van der Waals surface area contributed by atoms with Crippen molar-refractivity contribution in [1.29, 1.82) is 0 Å². The number of unbranched alkanes of at least 4 members (excludes halogenated alkanes) is 5. The van der Waals surface area contributed by atoms with E-state index in [0.29, 0.717) is 5.92 Å². The van der Waals surface area contributed by atoms with Crippen LogP contribution in [0.25, 0.3) is 5.57 Å². The molecule has 0 N–H and O–H groups in total. The summed E-state index contributed by atoms with van der Waals surface area (Å²) in [5.41, 5.74) is 1.35. The Labute approximate surface area is 180 Å². The molecule has 0 spiro atoms. The second kappa shape index (κ2) is 11.2. The lowest BCUT2D eigenvalue weighted by atomic mass is 9.72. The third-order valence-electron chi connectivity index (χ3n) is 7.14. The molecular formula is C27H37F3. The van der Waals surface area contributed by atoms with Crippen LogP contribution >= 0.6 is 0 Å². The lowest BCUT2D eigenvalue weighted by Gasteiger charge is -2.33. The molecule has 1 atom stereocenters. The second-order valence-corrected chi connectivity index (χ2v) is 9.33. The summed E-state index contributed by atoms with van der Waals surface area (Å²) in [4.78, 5) is 0. The van der Waals surface area contributed by atoms with Crippen molar-refractivity contribution in [3.8, 4) is 0 Å². The Morgan fingerprint density at radius 2 is 1.53 bits per heavy atom. The van der Waals surface area contributed by atoms with E-state index in [-0.39, 0.29) is 0 Å². The van der Waals surface area contributed by atoms with Gasteiger partial charge in [-0.3, -0.25) is 0 Å².